The highest BCUT2D eigenvalue weighted by molar-refractivity contribution is 5.75. The number of likely N-dealkylation sites (tertiary alicyclic amines) is 1. The summed E-state index contributed by atoms with van der Waals surface area (Å²) in [7, 11) is 0. The molecule has 1 aromatic carbocycles. The molecule has 5 nitrogen and oxygen atoms in total. The van der Waals surface area contributed by atoms with Crippen molar-refractivity contribution in [2.75, 3.05) is 26.3 Å². The summed E-state index contributed by atoms with van der Waals surface area (Å²) in [6.45, 7) is 2.72. The second kappa shape index (κ2) is 5.80. The van der Waals surface area contributed by atoms with Gasteiger partial charge in [0.1, 0.15) is 0 Å². The molecule has 3 fully saturated rings. The number of carbonyl (C=O) groups excluding carboxylic acids is 1. The van der Waals surface area contributed by atoms with E-state index in [1.807, 2.05) is 23.1 Å². The standard InChI is InChI=1S/C18H24N2O3/c21-16(20-11-9-18(10-12-20)22-13-14-23-18)19-17(7-4-8-17)15-5-2-1-3-6-15/h1-3,5-6H,4,7-14H2,(H,19,21). The maximum absolute atomic E-state index is 12.7. The first-order valence-electron chi connectivity index (χ1n) is 8.62. The molecular weight excluding hydrogens is 292 g/mol. The lowest BCUT2D eigenvalue weighted by molar-refractivity contribution is -0.181. The maximum atomic E-state index is 12.7. The molecule has 0 radical (unpaired) electrons. The molecular formula is C18H24N2O3. The number of ether oxygens (including phenoxy) is 2. The second-order valence-corrected chi connectivity index (χ2v) is 6.83. The first-order chi connectivity index (χ1) is 11.2. The highest BCUT2D eigenvalue weighted by atomic mass is 16.7. The molecule has 5 heteroatoms. The Morgan fingerprint density at radius 2 is 1.65 bits per heavy atom. The highest BCUT2D eigenvalue weighted by Crippen LogP contribution is 2.41. The van der Waals surface area contributed by atoms with E-state index in [1.165, 1.54) is 12.0 Å². The number of hydrogen-bond acceptors (Lipinski definition) is 3. The van der Waals surface area contributed by atoms with Crippen molar-refractivity contribution in [2.24, 2.45) is 0 Å². The zero-order chi connectivity index (χ0) is 15.8. The average Bonchev–Trinajstić information content (AvgIpc) is 3.00. The van der Waals surface area contributed by atoms with Crippen LogP contribution in [0.2, 0.25) is 0 Å². The summed E-state index contributed by atoms with van der Waals surface area (Å²) in [5.41, 5.74) is 1.05. The number of rotatable bonds is 2. The lowest BCUT2D eigenvalue weighted by Gasteiger charge is -2.45. The number of benzene rings is 1. The zero-order valence-corrected chi connectivity index (χ0v) is 13.4. The van der Waals surface area contributed by atoms with Gasteiger partial charge in [-0.25, -0.2) is 4.79 Å². The predicted molar refractivity (Wildman–Crippen MR) is 85.9 cm³/mol. The molecule has 1 spiro atoms. The molecule has 4 rings (SSSR count). The van der Waals surface area contributed by atoms with Gasteiger partial charge in [-0.2, -0.15) is 0 Å². The van der Waals surface area contributed by atoms with Crippen LogP contribution in [0.1, 0.15) is 37.7 Å². The fraction of sp³-hybridized carbons (Fsp3) is 0.611. The first kappa shape index (κ1) is 15.0. The normalized spacial score (nSPS) is 25.1. The third-order valence-electron chi connectivity index (χ3n) is 5.51. The van der Waals surface area contributed by atoms with Crippen molar-refractivity contribution in [3.63, 3.8) is 0 Å². The Morgan fingerprint density at radius 1 is 1.00 bits per heavy atom. The molecule has 2 amide bonds. The van der Waals surface area contributed by atoms with E-state index in [1.54, 1.807) is 0 Å². The monoisotopic (exact) mass is 316 g/mol. The Morgan fingerprint density at radius 3 is 2.22 bits per heavy atom. The van der Waals surface area contributed by atoms with Gasteiger partial charge < -0.3 is 19.7 Å². The number of nitrogens with one attached hydrogen (secondary N) is 1. The van der Waals surface area contributed by atoms with Crippen LogP contribution in [0.5, 0.6) is 0 Å². The molecule has 2 heterocycles. The van der Waals surface area contributed by atoms with E-state index >= 15 is 0 Å². The van der Waals surface area contributed by atoms with Crippen molar-refractivity contribution < 1.29 is 14.3 Å². The molecule has 2 aliphatic heterocycles. The van der Waals surface area contributed by atoms with E-state index in [-0.39, 0.29) is 11.6 Å². The van der Waals surface area contributed by atoms with E-state index in [9.17, 15) is 4.79 Å². The summed E-state index contributed by atoms with van der Waals surface area (Å²) >= 11 is 0. The molecule has 0 aromatic heterocycles. The van der Waals surface area contributed by atoms with E-state index in [0.717, 1.165) is 25.7 Å². The topological polar surface area (TPSA) is 50.8 Å². The Balaban J connectivity index is 1.40. The number of hydrogen-bond donors (Lipinski definition) is 1. The van der Waals surface area contributed by atoms with Crippen LogP contribution in [0.25, 0.3) is 0 Å². The minimum Gasteiger partial charge on any atom is -0.347 e. The Bertz CT molecular complexity index is 555. The highest BCUT2D eigenvalue weighted by Gasteiger charge is 2.44. The van der Waals surface area contributed by atoms with Gasteiger partial charge in [0.25, 0.3) is 0 Å². The predicted octanol–water partition coefficient (Wildman–Crippen LogP) is 2.61. The van der Waals surface area contributed by atoms with E-state index < -0.39 is 5.79 Å². The van der Waals surface area contributed by atoms with Gasteiger partial charge in [0, 0.05) is 25.9 Å². The Labute approximate surface area is 136 Å². The van der Waals surface area contributed by atoms with Gasteiger partial charge in [0.05, 0.1) is 18.8 Å². The minimum absolute atomic E-state index is 0.0430. The van der Waals surface area contributed by atoms with Gasteiger partial charge in [-0.05, 0) is 24.8 Å². The summed E-state index contributed by atoms with van der Waals surface area (Å²) in [5, 5.41) is 3.30. The number of urea groups is 1. The Hall–Kier alpha value is -1.59. The number of nitrogens with zero attached hydrogens (tertiary/aromatic N) is 1. The second-order valence-electron chi connectivity index (χ2n) is 6.83. The number of amides is 2. The molecule has 1 saturated carbocycles. The minimum atomic E-state index is -0.426. The first-order valence-corrected chi connectivity index (χ1v) is 8.62. The fourth-order valence-corrected chi connectivity index (χ4v) is 3.89. The third-order valence-corrected chi connectivity index (χ3v) is 5.51. The van der Waals surface area contributed by atoms with Gasteiger partial charge in [-0.3, -0.25) is 0 Å². The van der Waals surface area contributed by atoms with Crippen LogP contribution in [0.15, 0.2) is 30.3 Å². The largest absolute Gasteiger partial charge is 0.347 e. The van der Waals surface area contributed by atoms with Gasteiger partial charge in [-0.15, -0.1) is 0 Å². The molecule has 0 atom stereocenters. The van der Waals surface area contributed by atoms with E-state index in [4.69, 9.17) is 9.47 Å². The van der Waals surface area contributed by atoms with Gasteiger partial charge in [0.15, 0.2) is 5.79 Å². The molecule has 1 N–H and O–H groups in total. The molecule has 1 aromatic rings. The van der Waals surface area contributed by atoms with Crippen molar-refractivity contribution >= 4 is 6.03 Å². The quantitative estimate of drug-likeness (QED) is 0.912. The SMILES string of the molecule is O=C(NC1(c2ccccc2)CCC1)N1CCC2(CC1)OCCO2. The van der Waals surface area contributed by atoms with Crippen molar-refractivity contribution in [3.8, 4) is 0 Å². The van der Waals surface area contributed by atoms with Crippen molar-refractivity contribution in [1.29, 1.82) is 0 Å². The number of piperidine rings is 1. The van der Waals surface area contributed by atoms with Crippen molar-refractivity contribution in [2.45, 2.75) is 43.4 Å². The summed E-state index contributed by atoms with van der Waals surface area (Å²) in [4.78, 5) is 14.6. The molecule has 1 aliphatic carbocycles. The van der Waals surface area contributed by atoms with Gasteiger partial charge in [-0.1, -0.05) is 30.3 Å². The van der Waals surface area contributed by atoms with Crippen LogP contribution in [0.3, 0.4) is 0 Å². The van der Waals surface area contributed by atoms with Gasteiger partial charge in [0.2, 0.25) is 0 Å². The molecule has 0 unspecified atom stereocenters. The van der Waals surface area contributed by atoms with Crippen LogP contribution in [-0.4, -0.2) is 43.0 Å². The van der Waals surface area contributed by atoms with Crippen LogP contribution in [0.4, 0.5) is 4.79 Å². The molecule has 3 aliphatic rings. The fourth-order valence-electron chi connectivity index (χ4n) is 3.89. The molecule has 23 heavy (non-hydrogen) atoms. The van der Waals surface area contributed by atoms with Crippen LogP contribution in [0, 0.1) is 0 Å². The average molecular weight is 316 g/mol. The van der Waals surface area contributed by atoms with Crippen molar-refractivity contribution in [3.05, 3.63) is 35.9 Å². The van der Waals surface area contributed by atoms with Crippen LogP contribution < -0.4 is 5.32 Å². The van der Waals surface area contributed by atoms with Gasteiger partial charge >= 0.3 is 6.03 Å². The van der Waals surface area contributed by atoms with Crippen molar-refractivity contribution in [1.82, 2.24) is 10.2 Å². The van der Waals surface area contributed by atoms with E-state index in [0.29, 0.717) is 26.3 Å². The third kappa shape index (κ3) is 2.72. The van der Waals surface area contributed by atoms with Crippen LogP contribution >= 0.6 is 0 Å². The summed E-state index contributed by atoms with van der Waals surface area (Å²) in [6.07, 6.45) is 4.73. The Kier molecular flexibility index (Phi) is 3.77. The molecule has 0 bridgehead atoms. The number of carbonyl (C=O) groups is 1. The van der Waals surface area contributed by atoms with Crippen LogP contribution in [-0.2, 0) is 15.0 Å². The smallest absolute Gasteiger partial charge is 0.318 e. The molecule has 124 valence electrons. The lowest BCUT2D eigenvalue weighted by atomic mass is 9.72. The molecule has 2 saturated heterocycles. The van der Waals surface area contributed by atoms with E-state index in [2.05, 4.69) is 17.4 Å². The zero-order valence-electron chi connectivity index (χ0n) is 13.4. The lowest BCUT2D eigenvalue weighted by Crippen LogP contribution is -2.57. The summed E-state index contributed by atoms with van der Waals surface area (Å²) < 4.78 is 11.5. The summed E-state index contributed by atoms with van der Waals surface area (Å²) in [5.74, 6) is -0.426. The summed E-state index contributed by atoms with van der Waals surface area (Å²) in [6, 6.07) is 10.4. The maximum Gasteiger partial charge on any atom is 0.318 e.